The number of likely N-dealkylation sites (N-methyl/N-ethyl adjacent to an activating group) is 1. The number of allylic oxidation sites excluding steroid dienone is 1. The Kier molecular flexibility index (Phi) is 6.92. The first-order chi connectivity index (χ1) is 14.0. The maximum Gasteiger partial charge on any atom is 0.257 e. The molecule has 0 bridgehead atoms. The number of hydrogen-bond donors (Lipinski definition) is 1. The van der Waals surface area contributed by atoms with E-state index in [4.69, 9.17) is 4.74 Å². The zero-order valence-corrected chi connectivity index (χ0v) is 16.7. The van der Waals surface area contributed by atoms with Crippen molar-refractivity contribution in [1.82, 2.24) is 5.32 Å². The summed E-state index contributed by atoms with van der Waals surface area (Å²) in [5.74, 6) is 0.0325. The fourth-order valence-corrected chi connectivity index (χ4v) is 3.50. The Labute approximate surface area is 172 Å². The van der Waals surface area contributed by atoms with Gasteiger partial charge < -0.3 is 10.1 Å². The lowest BCUT2D eigenvalue weighted by molar-refractivity contribution is -0.122. The molecule has 3 aromatic rings. The summed E-state index contributed by atoms with van der Waals surface area (Å²) in [5.41, 5.74) is 1.72. The minimum Gasteiger partial charge on any atom is -0.484 e. The van der Waals surface area contributed by atoms with Gasteiger partial charge in [0.2, 0.25) is 0 Å². The molecule has 0 saturated heterocycles. The lowest BCUT2D eigenvalue weighted by Crippen LogP contribution is -2.28. The first-order valence-electron chi connectivity index (χ1n) is 9.13. The van der Waals surface area contributed by atoms with E-state index < -0.39 is 0 Å². The van der Waals surface area contributed by atoms with Crippen molar-refractivity contribution in [3.8, 4) is 16.2 Å². The van der Waals surface area contributed by atoms with Crippen LogP contribution in [0.4, 0.5) is 4.39 Å². The fourth-order valence-electron chi connectivity index (χ4n) is 2.57. The molecular formula is C23H20FNO3S. The number of benzene rings is 2. The summed E-state index contributed by atoms with van der Waals surface area (Å²) in [4.78, 5) is 25.3. The molecule has 0 aliphatic heterocycles. The van der Waals surface area contributed by atoms with Gasteiger partial charge in [-0.05, 0) is 60.5 Å². The van der Waals surface area contributed by atoms with Crippen LogP contribution in [0, 0.1) is 5.82 Å². The molecule has 0 aliphatic carbocycles. The number of rotatable bonds is 8. The molecule has 2 aromatic carbocycles. The van der Waals surface area contributed by atoms with Crippen LogP contribution in [0.25, 0.3) is 16.5 Å². The summed E-state index contributed by atoms with van der Waals surface area (Å²) in [6.07, 6.45) is 3.25. The van der Waals surface area contributed by atoms with E-state index in [1.54, 1.807) is 36.4 Å². The zero-order chi connectivity index (χ0) is 20.6. The summed E-state index contributed by atoms with van der Waals surface area (Å²) in [6.45, 7) is 2.38. The highest BCUT2D eigenvalue weighted by atomic mass is 32.1. The van der Waals surface area contributed by atoms with Gasteiger partial charge in [0.15, 0.2) is 12.4 Å². The second-order valence-corrected chi connectivity index (χ2v) is 7.26. The molecule has 29 heavy (non-hydrogen) atoms. The number of ketones is 1. The number of ether oxygens (including phenoxy) is 1. The maximum atomic E-state index is 13.0. The monoisotopic (exact) mass is 409 g/mol. The van der Waals surface area contributed by atoms with Gasteiger partial charge in [0, 0.05) is 11.4 Å². The van der Waals surface area contributed by atoms with Gasteiger partial charge in [0.25, 0.3) is 5.91 Å². The summed E-state index contributed by atoms with van der Waals surface area (Å²) >= 11 is 1.37. The van der Waals surface area contributed by atoms with Crippen LogP contribution >= 0.6 is 11.3 Å². The Morgan fingerprint density at radius 1 is 1.03 bits per heavy atom. The van der Waals surface area contributed by atoms with E-state index in [2.05, 4.69) is 5.32 Å². The minimum atomic E-state index is -0.287. The second-order valence-electron chi connectivity index (χ2n) is 6.18. The van der Waals surface area contributed by atoms with Gasteiger partial charge in [-0.25, -0.2) is 4.39 Å². The molecular weight excluding hydrogens is 389 g/mol. The van der Waals surface area contributed by atoms with Gasteiger partial charge in [0.05, 0.1) is 4.88 Å². The first-order valence-corrected chi connectivity index (χ1v) is 9.94. The summed E-state index contributed by atoms with van der Waals surface area (Å²) in [7, 11) is 0. The fraction of sp³-hybridized carbons (Fsp3) is 0.130. The van der Waals surface area contributed by atoms with Gasteiger partial charge in [-0.2, -0.15) is 0 Å². The number of carbonyl (C=O) groups excluding carboxylic acids is 2. The number of hydrogen-bond acceptors (Lipinski definition) is 4. The quantitative estimate of drug-likeness (QED) is 0.422. The number of thiophene rings is 1. The highest BCUT2D eigenvalue weighted by Gasteiger charge is 2.08. The molecule has 0 fully saturated rings. The van der Waals surface area contributed by atoms with E-state index in [-0.39, 0.29) is 24.1 Å². The average molecular weight is 409 g/mol. The summed E-state index contributed by atoms with van der Waals surface area (Å²) in [6, 6.07) is 17.0. The Morgan fingerprint density at radius 2 is 1.76 bits per heavy atom. The lowest BCUT2D eigenvalue weighted by atomic mass is 10.1. The molecule has 0 unspecified atom stereocenters. The van der Waals surface area contributed by atoms with Gasteiger partial charge in [0.1, 0.15) is 11.6 Å². The Hall–Kier alpha value is -3.25. The van der Waals surface area contributed by atoms with E-state index in [9.17, 15) is 14.0 Å². The number of amides is 1. The van der Waals surface area contributed by atoms with Crippen LogP contribution in [0.5, 0.6) is 5.75 Å². The molecule has 0 radical (unpaired) electrons. The number of carbonyl (C=O) groups is 2. The van der Waals surface area contributed by atoms with Crippen molar-refractivity contribution < 1.29 is 18.7 Å². The molecule has 1 N–H and O–H groups in total. The van der Waals surface area contributed by atoms with E-state index in [0.717, 1.165) is 16.0 Å². The van der Waals surface area contributed by atoms with Crippen LogP contribution in [-0.4, -0.2) is 24.8 Å². The highest BCUT2D eigenvalue weighted by molar-refractivity contribution is 7.17. The normalized spacial score (nSPS) is 10.8. The predicted octanol–water partition coefficient (Wildman–Crippen LogP) is 4.97. The van der Waals surface area contributed by atoms with Gasteiger partial charge >= 0.3 is 0 Å². The summed E-state index contributed by atoms with van der Waals surface area (Å²) in [5, 5.41) is 2.66. The van der Waals surface area contributed by atoms with Crippen LogP contribution in [0.15, 0.2) is 66.7 Å². The van der Waals surface area contributed by atoms with E-state index in [0.29, 0.717) is 17.2 Å². The largest absolute Gasteiger partial charge is 0.484 e. The van der Waals surface area contributed by atoms with Crippen LogP contribution in [0.3, 0.4) is 0 Å². The van der Waals surface area contributed by atoms with Gasteiger partial charge in [-0.1, -0.05) is 30.3 Å². The second kappa shape index (κ2) is 9.80. The SMILES string of the molecule is CCNC(=O)COc1ccc(/C=C/C(=O)c2ccc(-c3ccc(F)cc3)s2)cc1. The number of nitrogens with one attached hydrogen (secondary N) is 1. The molecule has 0 aliphatic rings. The molecule has 4 nitrogen and oxygen atoms in total. The van der Waals surface area contributed by atoms with E-state index in [1.807, 2.05) is 25.1 Å². The molecule has 1 aromatic heterocycles. The van der Waals surface area contributed by atoms with Crippen LogP contribution in [0.2, 0.25) is 0 Å². The van der Waals surface area contributed by atoms with Crippen molar-refractivity contribution in [3.63, 3.8) is 0 Å². The van der Waals surface area contributed by atoms with Crippen molar-refractivity contribution in [2.75, 3.05) is 13.2 Å². The molecule has 3 rings (SSSR count). The van der Waals surface area contributed by atoms with Crippen LogP contribution in [0.1, 0.15) is 22.2 Å². The van der Waals surface area contributed by atoms with Gasteiger partial charge in [-0.15, -0.1) is 11.3 Å². The van der Waals surface area contributed by atoms with Crippen molar-refractivity contribution in [1.29, 1.82) is 0 Å². The molecule has 1 amide bonds. The average Bonchev–Trinajstić information content (AvgIpc) is 3.22. The first kappa shape index (κ1) is 20.5. The molecule has 0 atom stereocenters. The van der Waals surface area contributed by atoms with Crippen molar-refractivity contribution in [2.24, 2.45) is 0 Å². The lowest BCUT2D eigenvalue weighted by Gasteiger charge is -2.06. The van der Waals surface area contributed by atoms with E-state index in [1.165, 1.54) is 29.5 Å². The highest BCUT2D eigenvalue weighted by Crippen LogP contribution is 2.28. The van der Waals surface area contributed by atoms with Gasteiger partial charge in [-0.3, -0.25) is 9.59 Å². The predicted molar refractivity (Wildman–Crippen MR) is 114 cm³/mol. The molecule has 0 spiro atoms. The Morgan fingerprint density at radius 3 is 2.45 bits per heavy atom. The van der Waals surface area contributed by atoms with Crippen LogP contribution in [-0.2, 0) is 4.79 Å². The van der Waals surface area contributed by atoms with Crippen molar-refractivity contribution in [2.45, 2.75) is 6.92 Å². The minimum absolute atomic E-state index is 0.0315. The van der Waals surface area contributed by atoms with Crippen LogP contribution < -0.4 is 10.1 Å². The molecule has 0 saturated carbocycles. The molecule has 1 heterocycles. The van der Waals surface area contributed by atoms with Crippen molar-refractivity contribution >= 4 is 29.1 Å². The topological polar surface area (TPSA) is 55.4 Å². The Balaban J connectivity index is 1.59. The zero-order valence-electron chi connectivity index (χ0n) is 15.9. The molecule has 148 valence electrons. The summed E-state index contributed by atoms with van der Waals surface area (Å²) < 4.78 is 18.4. The van der Waals surface area contributed by atoms with E-state index >= 15 is 0 Å². The standard InChI is InChI=1S/C23H20FNO3S/c1-2-25-23(27)15-28-19-10-3-16(4-11-19)5-12-20(26)22-14-13-21(29-22)17-6-8-18(24)9-7-17/h3-14H,2,15H2,1H3,(H,25,27)/b12-5+. The van der Waals surface area contributed by atoms with Crippen molar-refractivity contribution in [3.05, 3.63) is 83.0 Å². The third-order valence-electron chi connectivity index (χ3n) is 4.03. The Bertz CT molecular complexity index is 1010. The number of halogens is 1. The smallest absolute Gasteiger partial charge is 0.257 e. The third-order valence-corrected chi connectivity index (χ3v) is 5.18. The third kappa shape index (κ3) is 5.86. The maximum absolute atomic E-state index is 13.0. The molecule has 6 heteroatoms.